The molecule has 94 valence electrons. The minimum absolute atomic E-state index is 0.348. The van der Waals surface area contributed by atoms with Crippen LogP contribution in [0.2, 0.25) is 5.02 Å². The zero-order chi connectivity index (χ0) is 12.7. The largest absolute Gasteiger partial charge is 0.384 e. The summed E-state index contributed by atoms with van der Waals surface area (Å²) in [5, 5.41) is 6.87. The van der Waals surface area contributed by atoms with Gasteiger partial charge in [0, 0.05) is 18.8 Å². The Morgan fingerprint density at radius 2 is 2.12 bits per heavy atom. The Morgan fingerprint density at radius 3 is 2.71 bits per heavy atom. The Kier molecular flexibility index (Phi) is 5.80. The lowest BCUT2D eigenvalue weighted by molar-refractivity contribution is 0.100. The van der Waals surface area contributed by atoms with Crippen LogP contribution in [0, 0.1) is 0 Å². The summed E-state index contributed by atoms with van der Waals surface area (Å²) in [7, 11) is 0. The number of hydrogen-bond acceptors (Lipinski definition) is 3. The fraction of sp³-hybridized carbons (Fsp3) is 0.417. The molecule has 0 radical (unpaired) electrons. The van der Waals surface area contributed by atoms with Gasteiger partial charge in [-0.1, -0.05) is 18.5 Å². The van der Waals surface area contributed by atoms with E-state index in [1.165, 1.54) is 0 Å². The van der Waals surface area contributed by atoms with Crippen LogP contribution in [0.25, 0.3) is 0 Å². The summed E-state index contributed by atoms with van der Waals surface area (Å²) in [6, 6.07) is 5.14. The summed E-state index contributed by atoms with van der Waals surface area (Å²) in [5.41, 5.74) is 6.40. The molecule has 5 heteroatoms. The number of carbonyl (C=O) groups is 1. The van der Waals surface area contributed by atoms with E-state index >= 15 is 0 Å². The monoisotopic (exact) mass is 255 g/mol. The van der Waals surface area contributed by atoms with Gasteiger partial charge in [-0.05, 0) is 31.2 Å². The molecule has 0 heterocycles. The zero-order valence-electron chi connectivity index (χ0n) is 9.92. The van der Waals surface area contributed by atoms with Crippen molar-refractivity contribution in [3.63, 3.8) is 0 Å². The summed E-state index contributed by atoms with van der Waals surface area (Å²) in [5.74, 6) is -0.508. The highest BCUT2D eigenvalue weighted by atomic mass is 35.5. The van der Waals surface area contributed by atoms with Crippen LogP contribution in [-0.4, -0.2) is 25.5 Å². The van der Waals surface area contributed by atoms with Gasteiger partial charge in [-0.25, -0.2) is 0 Å². The first-order valence-corrected chi connectivity index (χ1v) is 6.07. The van der Waals surface area contributed by atoms with Crippen molar-refractivity contribution >= 4 is 23.2 Å². The number of primary amides is 1. The smallest absolute Gasteiger partial charge is 0.250 e. The number of benzene rings is 1. The van der Waals surface area contributed by atoms with Crippen molar-refractivity contribution in [2.24, 2.45) is 5.73 Å². The average Bonchev–Trinajstić information content (AvgIpc) is 2.28. The second-order valence-corrected chi connectivity index (χ2v) is 4.14. The van der Waals surface area contributed by atoms with Gasteiger partial charge in [-0.2, -0.15) is 0 Å². The van der Waals surface area contributed by atoms with E-state index < -0.39 is 5.91 Å². The summed E-state index contributed by atoms with van der Waals surface area (Å²) in [6.45, 7) is 4.85. The molecule has 0 fully saturated rings. The first kappa shape index (κ1) is 13.8. The lowest BCUT2D eigenvalue weighted by Gasteiger charge is -2.08. The van der Waals surface area contributed by atoms with Gasteiger partial charge in [-0.3, -0.25) is 4.79 Å². The van der Waals surface area contributed by atoms with Gasteiger partial charge >= 0.3 is 0 Å². The summed E-state index contributed by atoms with van der Waals surface area (Å²) >= 11 is 5.93. The molecule has 1 rings (SSSR count). The minimum Gasteiger partial charge on any atom is -0.384 e. The van der Waals surface area contributed by atoms with Gasteiger partial charge in [0.25, 0.3) is 0 Å². The highest BCUT2D eigenvalue weighted by Gasteiger charge is 2.06. The van der Waals surface area contributed by atoms with E-state index in [0.717, 1.165) is 31.7 Å². The predicted molar refractivity (Wildman–Crippen MR) is 71.6 cm³/mol. The molecule has 0 unspecified atom stereocenters. The number of halogens is 1. The molecule has 0 saturated heterocycles. The highest BCUT2D eigenvalue weighted by molar-refractivity contribution is 6.34. The van der Waals surface area contributed by atoms with Crippen LogP contribution in [0.15, 0.2) is 18.2 Å². The normalized spacial score (nSPS) is 10.2. The van der Waals surface area contributed by atoms with Gasteiger partial charge in [0.05, 0.1) is 10.6 Å². The van der Waals surface area contributed by atoms with Crippen molar-refractivity contribution < 1.29 is 4.79 Å². The van der Waals surface area contributed by atoms with Gasteiger partial charge in [-0.15, -0.1) is 0 Å². The van der Waals surface area contributed by atoms with Crippen molar-refractivity contribution in [3.05, 3.63) is 28.8 Å². The van der Waals surface area contributed by atoms with Crippen LogP contribution < -0.4 is 16.4 Å². The lowest BCUT2D eigenvalue weighted by atomic mass is 10.2. The Balaban J connectivity index is 2.45. The Hall–Kier alpha value is -1.26. The van der Waals surface area contributed by atoms with Gasteiger partial charge in [0.2, 0.25) is 5.91 Å². The molecule has 0 spiro atoms. The maximum atomic E-state index is 11.0. The summed E-state index contributed by atoms with van der Waals surface area (Å²) in [4.78, 5) is 11.0. The van der Waals surface area contributed by atoms with Crippen LogP contribution >= 0.6 is 11.6 Å². The molecule has 1 amide bonds. The predicted octanol–water partition coefficient (Wildman–Crippen LogP) is 1.85. The second-order valence-electron chi connectivity index (χ2n) is 3.74. The first-order chi connectivity index (χ1) is 8.15. The Bertz CT molecular complexity index is 382. The van der Waals surface area contributed by atoms with Crippen molar-refractivity contribution in [2.75, 3.05) is 25.0 Å². The van der Waals surface area contributed by atoms with Crippen LogP contribution in [0.4, 0.5) is 5.69 Å². The number of hydrogen-bond donors (Lipinski definition) is 3. The van der Waals surface area contributed by atoms with E-state index in [0.29, 0.717) is 10.6 Å². The number of nitrogens with two attached hydrogens (primary N) is 1. The van der Waals surface area contributed by atoms with Crippen LogP contribution in [-0.2, 0) is 0 Å². The molecular weight excluding hydrogens is 238 g/mol. The fourth-order valence-corrected chi connectivity index (χ4v) is 1.70. The molecule has 0 aromatic heterocycles. The van der Waals surface area contributed by atoms with Gasteiger partial charge < -0.3 is 16.4 Å². The van der Waals surface area contributed by atoms with Crippen molar-refractivity contribution in [1.82, 2.24) is 5.32 Å². The van der Waals surface area contributed by atoms with Gasteiger partial charge in [0.1, 0.15) is 0 Å². The average molecular weight is 256 g/mol. The third kappa shape index (κ3) is 4.63. The molecule has 0 saturated carbocycles. The van der Waals surface area contributed by atoms with Crippen LogP contribution in [0.3, 0.4) is 0 Å². The Morgan fingerprint density at radius 1 is 1.35 bits per heavy atom. The number of carbonyl (C=O) groups excluding carboxylic acids is 1. The van der Waals surface area contributed by atoms with E-state index in [1.807, 2.05) is 0 Å². The molecular formula is C12H18ClN3O. The summed E-state index contributed by atoms with van der Waals surface area (Å²) in [6.07, 6.45) is 1.12. The molecule has 0 aliphatic carbocycles. The third-order valence-corrected chi connectivity index (χ3v) is 2.60. The fourth-order valence-electron chi connectivity index (χ4n) is 1.42. The molecule has 1 aromatic carbocycles. The molecule has 17 heavy (non-hydrogen) atoms. The van der Waals surface area contributed by atoms with Crippen LogP contribution in [0.1, 0.15) is 23.7 Å². The molecule has 0 aliphatic rings. The van der Waals surface area contributed by atoms with E-state index in [2.05, 4.69) is 17.6 Å². The maximum absolute atomic E-state index is 11.0. The third-order valence-electron chi connectivity index (χ3n) is 2.29. The topological polar surface area (TPSA) is 67.2 Å². The highest BCUT2D eigenvalue weighted by Crippen LogP contribution is 2.20. The number of amides is 1. The SMILES string of the molecule is CCCNCCNc1ccc(C(N)=O)c(Cl)c1. The minimum atomic E-state index is -0.508. The summed E-state index contributed by atoms with van der Waals surface area (Å²) < 4.78 is 0. The van der Waals surface area contributed by atoms with E-state index in [-0.39, 0.29) is 0 Å². The van der Waals surface area contributed by atoms with Crippen LogP contribution in [0.5, 0.6) is 0 Å². The van der Waals surface area contributed by atoms with Gasteiger partial charge in [0.15, 0.2) is 0 Å². The standard InChI is InChI=1S/C12H18ClN3O/c1-2-5-15-6-7-16-9-3-4-10(12(14)17)11(13)8-9/h3-4,8,15-16H,2,5-7H2,1H3,(H2,14,17). The lowest BCUT2D eigenvalue weighted by Crippen LogP contribution is -2.22. The number of nitrogens with one attached hydrogen (secondary N) is 2. The number of anilines is 1. The molecule has 0 aliphatic heterocycles. The molecule has 4 N–H and O–H groups in total. The van der Waals surface area contributed by atoms with Crippen molar-refractivity contribution in [2.45, 2.75) is 13.3 Å². The number of rotatable bonds is 7. The Labute approximate surface area is 107 Å². The second kappa shape index (κ2) is 7.14. The van der Waals surface area contributed by atoms with E-state index in [1.54, 1.807) is 18.2 Å². The molecule has 1 aromatic rings. The zero-order valence-corrected chi connectivity index (χ0v) is 10.7. The van der Waals surface area contributed by atoms with Crippen molar-refractivity contribution in [1.29, 1.82) is 0 Å². The van der Waals surface area contributed by atoms with Crippen molar-refractivity contribution in [3.8, 4) is 0 Å². The van der Waals surface area contributed by atoms with E-state index in [9.17, 15) is 4.79 Å². The molecule has 0 atom stereocenters. The van der Waals surface area contributed by atoms with E-state index in [4.69, 9.17) is 17.3 Å². The molecule has 4 nitrogen and oxygen atoms in total. The maximum Gasteiger partial charge on any atom is 0.250 e. The first-order valence-electron chi connectivity index (χ1n) is 5.69. The quantitative estimate of drug-likeness (QED) is 0.652. The molecule has 0 bridgehead atoms.